The Balaban J connectivity index is 1.86. The lowest BCUT2D eigenvalue weighted by atomic mass is 9.89. The second kappa shape index (κ2) is 9.22. The largest absolute Gasteiger partial charge is 0.383 e. The molecule has 0 aromatic heterocycles. The normalized spacial score (nSPS) is 21.8. The standard InChI is InChI=1S/C21H29ClN4O4/c1-15(2)25-13-18(27)26(12-16-4-6-17(22)7-5-16)21(19(25)28)8-10-24(14-21)20(29)23-9-11-30-3/h4-7,15H,8-14H2,1-3H3,(H,23,29). The number of benzene rings is 1. The average molecular weight is 437 g/mol. The number of nitrogens with one attached hydrogen (secondary N) is 1. The molecule has 2 heterocycles. The molecule has 9 heteroatoms. The van der Waals surface area contributed by atoms with Crippen LogP contribution in [0.2, 0.25) is 5.02 Å². The summed E-state index contributed by atoms with van der Waals surface area (Å²) in [5.74, 6) is -0.210. The number of carbonyl (C=O) groups is 3. The number of urea groups is 1. The van der Waals surface area contributed by atoms with E-state index in [-0.39, 0.29) is 37.0 Å². The van der Waals surface area contributed by atoms with Crippen LogP contribution in [-0.4, -0.2) is 84.0 Å². The zero-order valence-electron chi connectivity index (χ0n) is 17.7. The van der Waals surface area contributed by atoms with Crippen molar-refractivity contribution in [2.24, 2.45) is 0 Å². The first-order chi connectivity index (χ1) is 14.3. The minimum Gasteiger partial charge on any atom is -0.383 e. The van der Waals surface area contributed by atoms with Crippen molar-refractivity contribution in [3.8, 4) is 0 Å². The fraction of sp³-hybridized carbons (Fsp3) is 0.571. The molecule has 2 aliphatic rings. The number of ether oxygens (including phenoxy) is 1. The Labute approximate surface area is 182 Å². The van der Waals surface area contributed by atoms with Crippen molar-refractivity contribution in [3.63, 3.8) is 0 Å². The van der Waals surface area contributed by atoms with E-state index in [1.54, 1.807) is 33.9 Å². The predicted octanol–water partition coefficient (Wildman–Crippen LogP) is 1.72. The Morgan fingerprint density at radius 1 is 1.27 bits per heavy atom. The van der Waals surface area contributed by atoms with Gasteiger partial charge < -0.3 is 24.8 Å². The maximum absolute atomic E-state index is 13.6. The fourth-order valence-corrected chi connectivity index (χ4v) is 4.21. The molecule has 1 aromatic rings. The summed E-state index contributed by atoms with van der Waals surface area (Å²) in [5.41, 5.74) is -0.168. The number of amides is 4. The average Bonchev–Trinajstić information content (AvgIpc) is 3.16. The summed E-state index contributed by atoms with van der Waals surface area (Å²) < 4.78 is 4.97. The number of rotatable bonds is 6. The highest BCUT2D eigenvalue weighted by atomic mass is 35.5. The van der Waals surface area contributed by atoms with Crippen LogP contribution < -0.4 is 5.32 Å². The van der Waals surface area contributed by atoms with Crippen molar-refractivity contribution in [2.45, 2.75) is 38.4 Å². The zero-order valence-corrected chi connectivity index (χ0v) is 18.4. The lowest BCUT2D eigenvalue weighted by Gasteiger charge is -2.48. The fourth-order valence-electron chi connectivity index (χ4n) is 4.09. The topological polar surface area (TPSA) is 82.2 Å². The Bertz CT molecular complexity index is 801. The Morgan fingerprint density at radius 3 is 2.60 bits per heavy atom. The molecule has 0 radical (unpaired) electrons. The van der Waals surface area contributed by atoms with Crippen molar-refractivity contribution in [3.05, 3.63) is 34.9 Å². The molecule has 1 unspecified atom stereocenters. The van der Waals surface area contributed by atoms with Crippen LogP contribution in [0.4, 0.5) is 4.79 Å². The third kappa shape index (κ3) is 4.39. The molecule has 164 valence electrons. The molecule has 1 atom stereocenters. The highest BCUT2D eigenvalue weighted by Gasteiger charge is 2.56. The van der Waals surface area contributed by atoms with Gasteiger partial charge in [-0.05, 0) is 38.0 Å². The molecule has 0 bridgehead atoms. The van der Waals surface area contributed by atoms with Crippen molar-refractivity contribution in [1.29, 1.82) is 0 Å². The summed E-state index contributed by atoms with van der Waals surface area (Å²) in [5, 5.41) is 3.41. The summed E-state index contributed by atoms with van der Waals surface area (Å²) in [6.45, 7) is 5.52. The molecule has 30 heavy (non-hydrogen) atoms. The van der Waals surface area contributed by atoms with Gasteiger partial charge in [0.25, 0.3) is 5.91 Å². The summed E-state index contributed by atoms with van der Waals surface area (Å²) in [6, 6.07) is 6.90. The monoisotopic (exact) mass is 436 g/mol. The van der Waals surface area contributed by atoms with Crippen LogP contribution in [-0.2, 0) is 20.9 Å². The van der Waals surface area contributed by atoms with Crippen LogP contribution in [0.15, 0.2) is 24.3 Å². The first-order valence-corrected chi connectivity index (χ1v) is 10.5. The highest BCUT2D eigenvalue weighted by molar-refractivity contribution is 6.30. The Kier molecular flexibility index (Phi) is 6.88. The number of halogens is 1. The molecule has 2 aliphatic heterocycles. The van der Waals surface area contributed by atoms with E-state index in [4.69, 9.17) is 16.3 Å². The molecule has 0 saturated carbocycles. The number of piperazine rings is 1. The number of nitrogens with zero attached hydrogens (tertiary/aromatic N) is 3. The van der Waals surface area contributed by atoms with Crippen molar-refractivity contribution in [1.82, 2.24) is 20.0 Å². The SMILES string of the molecule is COCCNC(=O)N1CCC2(C1)C(=O)N(C(C)C)CC(=O)N2Cc1ccc(Cl)cc1. The molecule has 4 amide bonds. The maximum Gasteiger partial charge on any atom is 0.317 e. The van der Waals surface area contributed by atoms with Gasteiger partial charge in [0.1, 0.15) is 12.1 Å². The van der Waals surface area contributed by atoms with Gasteiger partial charge in [0.15, 0.2) is 0 Å². The van der Waals surface area contributed by atoms with Crippen LogP contribution in [0.3, 0.4) is 0 Å². The summed E-state index contributed by atoms with van der Waals surface area (Å²) in [7, 11) is 1.57. The number of hydrogen-bond acceptors (Lipinski definition) is 4. The van der Waals surface area contributed by atoms with Gasteiger partial charge in [-0.1, -0.05) is 23.7 Å². The molecular formula is C21H29ClN4O4. The number of methoxy groups -OCH3 is 1. The van der Waals surface area contributed by atoms with Crippen molar-refractivity contribution in [2.75, 3.05) is 39.9 Å². The first kappa shape index (κ1) is 22.4. The van der Waals surface area contributed by atoms with Crippen LogP contribution in [0.25, 0.3) is 0 Å². The van der Waals surface area contributed by atoms with E-state index >= 15 is 0 Å². The van der Waals surface area contributed by atoms with E-state index < -0.39 is 5.54 Å². The van der Waals surface area contributed by atoms with E-state index in [1.807, 2.05) is 26.0 Å². The summed E-state index contributed by atoms with van der Waals surface area (Å²) >= 11 is 5.99. The van der Waals surface area contributed by atoms with Crippen LogP contribution in [0.1, 0.15) is 25.8 Å². The minimum absolute atomic E-state index is 0.0475. The van der Waals surface area contributed by atoms with Gasteiger partial charge in [-0.2, -0.15) is 0 Å². The molecule has 1 aromatic carbocycles. The van der Waals surface area contributed by atoms with Gasteiger partial charge in [0.05, 0.1) is 13.2 Å². The van der Waals surface area contributed by atoms with Gasteiger partial charge in [-0.15, -0.1) is 0 Å². The number of hydrogen-bond donors (Lipinski definition) is 1. The Morgan fingerprint density at radius 2 is 1.97 bits per heavy atom. The zero-order chi connectivity index (χ0) is 21.9. The van der Waals surface area contributed by atoms with Gasteiger partial charge in [0, 0.05) is 37.8 Å². The molecule has 2 fully saturated rings. The number of carbonyl (C=O) groups excluding carboxylic acids is 3. The third-order valence-electron chi connectivity index (χ3n) is 5.78. The van der Waals surface area contributed by atoms with E-state index in [1.165, 1.54) is 0 Å². The molecular weight excluding hydrogens is 408 g/mol. The molecule has 8 nitrogen and oxygen atoms in total. The van der Waals surface area contributed by atoms with E-state index in [2.05, 4.69) is 5.32 Å². The molecule has 1 N–H and O–H groups in total. The lowest BCUT2D eigenvalue weighted by Crippen LogP contribution is -2.70. The summed E-state index contributed by atoms with van der Waals surface area (Å²) in [4.78, 5) is 44.1. The number of likely N-dealkylation sites (tertiary alicyclic amines) is 1. The molecule has 1 spiro atoms. The van der Waals surface area contributed by atoms with E-state index in [9.17, 15) is 14.4 Å². The second-order valence-corrected chi connectivity index (χ2v) is 8.50. The van der Waals surface area contributed by atoms with E-state index in [0.29, 0.717) is 37.7 Å². The highest BCUT2D eigenvalue weighted by Crippen LogP contribution is 2.35. The minimum atomic E-state index is -1.06. The van der Waals surface area contributed by atoms with Crippen LogP contribution in [0, 0.1) is 0 Å². The van der Waals surface area contributed by atoms with Crippen LogP contribution in [0.5, 0.6) is 0 Å². The predicted molar refractivity (Wildman–Crippen MR) is 113 cm³/mol. The van der Waals surface area contributed by atoms with E-state index in [0.717, 1.165) is 5.56 Å². The van der Waals surface area contributed by atoms with Gasteiger partial charge in [-0.3, -0.25) is 9.59 Å². The smallest absolute Gasteiger partial charge is 0.317 e. The maximum atomic E-state index is 13.6. The van der Waals surface area contributed by atoms with Crippen molar-refractivity contribution >= 4 is 29.4 Å². The molecule has 2 saturated heterocycles. The van der Waals surface area contributed by atoms with Gasteiger partial charge >= 0.3 is 6.03 Å². The second-order valence-electron chi connectivity index (χ2n) is 8.06. The first-order valence-electron chi connectivity index (χ1n) is 10.2. The van der Waals surface area contributed by atoms with Gasteiger partial charge in [-0.25, -0.2) is 4.79 Å². The van der Waals surface area contributed by atoms with Crippen molar-refractivity contribution < 1.29 is 19.1 Å². The molecule has 3 rings (SSSR count). The lowest BCUT2D eigenvalue weighted by molar-refractivity contribution is -0.166. The van der Waals surface area contributed by atoms with Crippen LogP contribution >= 0.6 is 11.6 Å². The quantitative estimate of drug-likeness (QED) is 0.688. The van der Waals surface area contributed by atoms with Gasteiger partial charge in [0.2, 0.25) is 5.91 Å². The summed E-state index contributed by atoms with van der Waals surface area (Å²) in [6.07, 6.45) is 0.409. The third-order valence-corrected chi connectivity index (χ3v) is 6.03. The Hall–Kier alpha value is -2.32. The molecule has 0 aliphatic carbocycles.